The minimum atomic E-state index is 0.186. The zero-order chi connectivity index (χ0) is 16.4. The molecule has 1 aromatic carbocycles. The predicted molar refractivity (Wildman–Crippen MR) is 95.4 cm³/mol. The van der Waals surface area contributed by atoms with E-state index < -0.39 is 0 Å². The van der Waals surface area contributed by atoms with Gasteiger partial charge in [0.15, 0.2) is 0 Å². The van der Waals surface area contributed by atoms with Crippen molar-refractivity contribution in [2.75, 3.05) is 29.9 Å². The summed E-state index contributed by atoms with van der Waals surface area (Å²) in [5.74, 6) is 2.32. The number of anilines is 2. The van der Waals surface area contributed by atoms with Crippen LogP contribution in [0.15, 0.2) is 30.3 Å². The maximum Gasteiger partial charge on any atom is 0.224 e. The average molecular weight is 324 g/mol. The summed E-state index contributed by atoms with van der Waals surface area (Å²) in [6, 6.07) is 10.8. The number of aromatic nitrogens is 2. The van der Waals surface area contributed by atoms with E-state index in [1.54, 1.807) is 0 Å². The fourth-order valence-corrected chi connectivity index (χ4v) is 3.25. The number of hydrogen-bond donors (Lipinski definition) is 2. The van der Waals surface area contributed by atoms with Crippen molar-refractivity contribution >= 4 is 11.8 Å². The molecule has 0 atom stereocenters. The molecule has 0 amide bonds. The second kappa shape index (κ2) is 6.77. The van der Waals surface area contributed by atoms with Crippen molar-refractivity contribution in [3.63, 3.8) is 0 Å². The molecule has 0 bridgehead atoms. The lowest BCUT2D eigenvalue weighted by atomic mass is 10.00. The van der Waals surface area contributed by atoms with Crippen LogP contribution in [-0.2, 0) is 13.0 Å². The van der Waals surface area contributed by atoms with Gasteiger partial charge in [0.05, 0.1) is 5.69 Å². The number of hydrogen-bond acceptors (Lipinski definition) is 5. The summed E-state index contributed by atoms with van der Waals surface area (Å²) in [6.45, 7) is 2.79. The minimum Gasteiger partial charge on any atom is -0.396 e. The van der Waals surface area contributed by atoms with Crippen LogP contribution in [0.3, 0.4) is 0 Å². The molecule has 1 saturated carbocycles. The molecule has 0 saturated heterocycles. The lowest BCUT2D eigenvalue weighted by Gasteiger charge is -2.30. The van der Waals surface area contributed by atoms with Gasteiger partial charge < -0.3 is 15.3 Å². The fourth-order valence-electron chi connectivity index (χ4n) is 3.25. The van der Waals surface area contributed by atoms with Crippen molar-refractivity contribution in [1.29, 1.82) is 0 Å². The van der Waals surface area contributed by atoms with Gasteiger partial charge in [0.1, 0.15) is 5.82 Å². The topological polar surface area (TPSA) is 61.3 Å². The van der Waals surface area contributed by atoms with Gasteiger partial charge in [0.25, 0.3) is 0 Å². The molecule has 0 spiro atoms. The van der Waals surface area contributed by atoms with Crippen LogP contribution < -0.4 is 10.2 Å². The Kier molecular flexibility index (Phi) is 4.34. The summed E-state index contributed by atoms with van der Waals surface area (Å²) >= 11 is 0. The summed E-state index contributed by atoms with van der Waals surface area (Å²) in [4.78, 5) is 11.8. The van der Waals surface area contributed by atoms with Crippen LogP contribution in [0.4, 0.5) is 11.8 Å². The van der Waals surface area contributed by atoms with Gasteiger partial charge in [-0.25, -0.2) is 4.98 Å². The number of nitrogens with zero attached hydrogens (tertiary/aromatic N) is 3. The first-order valence-corrected chi connectivity index (χ1v) is 8.89. The third-order valence-electron chi connectivity index (χ3n) is 4.80. The number of fused-ring (bicyclic) bond motifs is 1. The maximum absolute atomic E-state index is 8.96. The number of nitrogens with one attached hydrogen (secondary N) is 1. The Bertz CT molecular complexity index is 714. The average Bonchev–Trinajstić information content (AvgIpc) is 3.46. The molecular weight excluding hydrogens is 300 g/mol. The highest BCUT2D eigenvalue weighted by Gasteiger charge is 2.27. The molecule has 4 rings (SSSR count). The molecule has 5 nitrogen and oxygen atoms in total. The lowest BCUT2D eigenvalue weighted by molar-refractivity contribution is 0.292. The van der Waals surface area contributed by atoms with Gasteiger partial charge in [-0.3, -0.25) is 0 Å². The van der Waals surface area contributed by atoms with E-state index in [1.165, 1.54) is 24.0 Å². The molecule has 126 valence electrons. The first-order chi connectivity index (χ1) is 11.8. The van der Waals surface area contributed by atoms with Crippen molar-refractivity contribution in [2.45, 2.75) is 38.1 Å². The summed E-state index contributed by atoms with van der Waals surface area (Å²) in [5.41, 5.74) is 4.00. The van der Waals surface area contributed by atoms with E-state index in [0.717, 1.165) is 31.0 Å². The number of aliphatic hydroxyl groups excluding tert-OH is 1. The summed E-state index contributed by atoms with van der Waals surface area (Å²) in [6.07, 6.45) is 4.24. The molecule has 2 N–H and O–H groups in total. The Morgan fingerprint density at radius 2 is 2.00 bits per heavy atom. The Labute approximate surface area is 142 Å². The third-order valence-corrected chi connectivity index (χ3v) is 4.80. The van der Waals surface area contributed by atoms with E-state index in [4.69, 9.17) is 10.1 Å². The molecule has 1 aliphatic heterocycles. The van der Waals surface area contributed by atoms with E-state index in [1.807, 2.05) is 0 Å². The van der Waals surface area contributed by atoms with Crippen LogP contribution in [0, 0.1) is 0 Å². The van der Waals surface area contributed by atoms with E-state index in [0.29, 0.717) is 24.8 Å². The molecule has 1 fully saturated rings. The van der Waals surface area contributed by atoms with E-state index in [2.05, 4.69) is 45.5 Å². The van der Waals surface area contributed by atoms with Crippen molar-refractivity contribution in [1.82, 2.24) is 9.97 Å². The van der Waals surface area contributed by atoms with Crippen molar-refractivity contribution in [3.05, 3.63) is 47.2 Å². The molecule has 2 aliphatic rings. The number of benzene rings is 1. The standard InChI is InChI=1S/C19H24N4O/c24-11-3-9-20-19-21-17(15-6-7-15)12-18(22-19)23-10-8-14-4-1-2-5-16(14)13-23/h1-2,4-5,12,15,24H,3,6-11,13H2,(H,20,21,22). The first-order valence-electron chi connectivity index (χ1n) is 8.89. The zero-order valence-electron chi connectivity index (χ0n) is 13.9. The zero-order valence-corrected chi connectivity index (χ0v) is 13.9. The van der Waals surface area contributed by atoms with Gasteiger partial charge in [-0.05, 0) is 36.8 Å². The van der Waals surface area contributed by atoms with Crippen molar-refractivity contribution in [2.24, 2.45) is 0 Å². The number of aliphatic hydroxyl groups is 1. The van der Waals surface area contributed by atoms with Crippen LogP contribution in [-0.4, -0.2) is 34.8 Å². The van der Waals surface area contributed by atoms with Gasteiger partial charge in [0.2, 0.25) is 5.95 Å². The van der Waals surface area contributed by atoms with E-state index >= 15 is 0 Å². The van der Waals surface area contributed by atoms with Gasteiger partial charge in [0, 0.05) is 38.2 Å². The third kappa shape index (κ3) is 3.36. The molecule has 0 radical (unpaired) electrons. The molecule has 5 heteroatoms. The molecule has 24 heavy (non-hydrogen) atoms. The predicted octanol–water partition coefficient (Wildman–Crippen LogP) is 2.71. The monoisotopic (exact) mass is 324 g/mol. The largest absolute Gasteiger partial charge is 0.396 e. The van der Waals surface area contributed by atoms with Crippen LogP contribution in [0.5, 0.6) is 0 Å². The Morgan fingerprint density at radius 1 is 1.17 bits per heavy atom. The lowest BCUT2D eigenvalue weighted by Crippen LogP contribution is -2.31. The van der Waals surface area contributed by atoms with Gasteiger partial charge >= 0.3 is 0 Å². The molecule has 2 aromatic rings. The highest BCUT2D eigenvalue weighted by Crippen LogP contribution is 2.40. The fraction of sp³-hybridized carbons (Fsp3) is 0.474. The SMILES string of the molecule is OCCCNc1nc(C2CC2)cc(N2CCc3ccccc3C2)n1. The highest BCUT2D eigenvalue weighted by molar-refractivity contribution is 5.49. The normalized spacial score (nSPS) is 16.8. The van der Waals surface area contributed by atoms with Crippen molar-refractivity contribution < 1.29 is 5.11 Å². The second-order valence-corrected chi connectivity index (χ2v) is 6.69. The molecule has 1 aromatic heterocycles. The second-order valence-electron chi connectivity index (χ2n) is 6.69. The highest BCUT2D eigenvalue weighted by atomic mass is 16.3. The Hall–Kier alpha value is -2.14. The summed E-state index contributed by atoms with van der Waals surface area (Å²) < 4.78 is 0. The van der Waals surface area contributed by atoms with Crippen LogP contribution in [0.1, 0.15) is 42.0 Å². The van der Waals surface area contributed by atoms with Gasteiger partial charge in [-0.2, -0.15) is 4.98 Å². The van der Waals surface area contributed by atoms with E-state index in [-0.39, 0.29) is 6.61 Å². The molecule has 2 heterocycles. The Balaban J connectivity index is 1.57. The summed E-state index contributed by atoms with van der Waals surface area (Å²) in [5, 5.41) is 12.2. The van der Waals surface area contributed by atoms with Gasteiger partial charge in [-0.15, -0.1) is 0 Å². The van der Waals surface area contributed by atoms with Gasteiger partial charge in [-0.1, -0.05) is 24.3 Å². The quantitative estimate of drug-likeness (QED) is 0.800. The first kappa shape index (κ1) is 15.4. The maximum atomic E-state index is 8.96. The minimum absolute atomic E-state index is 0.186. The molecule has 0 unspecified atom stereocenters. The smallest absolute Gasteiger partial charge is 0.224 e. The van der Waals surface area contributed by atoms with E-state index in [9.17, 15) is 0 Å². The molecular formula is C19H24N4O. The molecule has 1 aliphatic carbocycles. The Morgan fingerprint density at radius 3 is 2.79 bits per heavy atom. The van der Waals surface area contributed by atoms with Crippen LogP contribution in [0.25, 0.3) is 0 Å². The summed E-state index contributed by atoms with van der Waals surface area (Å²) in [7, 11) is 0. The number of rotatable bonds is 6. The van der Waals surface area contributed by atoms with Crippen LogP contribution >= 0.6 is 0 Å². The van der Waals surface area contributed by atoms with Crippen molar-refractivity contribution in [3.8, 4) is 0 Å². The van der Waals surface area contributed by atoms with Crippen LogP contribution in [0.2, 0.25) is 0 Å².